The van der Waals surface area contributed by atoms with Gasteiger partial charge in [-0.15, -0.1) is 18.3 Å². The standard InChI is InChI=1S/C21H19NO2.ClH/c1-22(2)15-9-8-14-21(16-10-4-3-5-11-16)19(23)17-12-6-7-13-18(17)20(21)24;/h3-7,10-13H,9,15H2,1-2H3;1H. The molecule has 0 radical (unpaired) electrons. The van der Waals surface area contributed by atoms with Crippen LogP contribution in [0.25, 0.3) is 0 Å². The number of Topliss-reactive ketones (excluding diaryl/α,β-unsaturated/α-hetero) is 2. The Morgan fingerprint density at radius 1 is 0.880 bits per heavy atom. The van der Waals surface area contributed by atoms with E-state index in [-0.39, 0.29) is 24.0 Å². The number of fused-ring (bicyclic) bond motifs is 1. The zero-order chi connectivity index (χ0) is 17.2. The summed E-state index contributed by atoms with van der Waals surface area (Å²) >= 11 is 0. The number of hydrogen-bond acceptors (Lipinski definition) is 3. The van der Waals surface area contributed by atoms with Gasteiger partial charge in [-0.25, -0.2) is 0 Å². The number of hydrogen-bond donors (Lipinski definition) is 0. The van der Waals surface area contributed by atoms with E-state index >= 15 is 0 Å². The molecule has 0 aliphatic heterocycles. The molecule has 1 aliphatic rings. The fourth-order valence-electron chi connectivity index (χ4n) is 3.00. The highest BCUT2D eigenvalue weighted by molar-refractivity contribution is 6.35. The van der Waals surface area contributed by atoms with Crippen molar-refractivity contribution in [3.63, 3.8) is 0 Å². The molecule has 2 aromatic rings. The van der Waals surface area contributed by atoms with E-state index in [0.717, 1.165) is 6.54 Å². The largest absolute Gasteiger partial charge is 0.308 e. The second-order valence-corrected chi connectivity index (χ2v) is 6.17. The van der Waals surface area contributed by atoms with Crippen LogP contribution >= 0.6 is 12.4 Å². The maximum atomic E-state index is 13.1. The minimum absolute atomic E-state index is 0. The van der Waals surface area contributed by atoms with E-state index in [0.29, 0.717) is 23.1 Å². The Bertz CT molecular complexity index is 812. The van der Waals surface area contributed by atoms with Crippen molar-refractivity contribution in [3.05, 3.63) is 71.3 Å². The van der Waals surface area contributed by atoms with Crippen LogP contribution < -0.4 is 0 Å². The second kappa shape index (κ2) is 7.65. The molecule has 0 fully saturated rings. The number of benzene rings is 2. The van der Waals surface area contributed by atoms with E-state index in [2.05, 4.69) is 11.8 Å². The molecule has 25 heavy (non-hydrogen) atoms. The topological polar surface area (TPSA) is 37.4 Å². The highest BCUT2D eigenvalue weighted by atomic mass is 35.5. The third kappa shape index (κ3) is 3.24. The number of carbonyl (C=O) groups excluding carboxylic acids is 2. The monoisotopic (exact) mass is 353 g/mol. The van der Waals surface area contributed by atoms with E-state index in [1.54, 1.807) is 24.3 Å². The van der Waals surface area contributed by atoms with Gasteiger partial charge in [0.2, 0.25) is 0 Å². The summed E-state index contributed by atoms with van der Waals surface area (Å²) in [7, 11) is 3.94. The minimum Gasteiger partial charge on any atom is -0.308 e. The molecular weight excluding hydrogens is 334 g/mol. The first-order valence-corrected chi connectivity index (χ1v) is 7.96. The molecular formula is C21H20ClNO2. The molecule has 0 amide bonds. The molecule has 1 aliphatic carbocycles. The highest BCUT2D eigenvalue weighted by Crippen LogP contribution is 2.39. The maximum Gasteiger partial charge on any atom is 0.194 e. The fraction of sp³-hybridized carbons (Fsp3) is 0.238. The van der Waals surface area contributed by atoms with E-state index < -0.39 is 5.41 Å². The highest BCUT2D eigenvalue weighted by Gasteiger charge is 2.53. The van der Waals surface area contributed by atoms with Gasteiger partial charge in [0.25, 0.3) is 0 Å². The Balaban J connectivity index is 0.00000225. The van der Waals surface area contributed by atoms with Crippen molar-refractivity contribution in [1.29, 1.82) is 0 Å². The smallest absolute Gasteiger partial charge is 0.194 e. The van der Waals surface area contributed by atoms with Crippen molar-refractivity contribution in [2.24, 2.45) is 0 Å². The van der Waals surface area contributed by atoms with E-state index in [9.17, 15) is 9.59 Å². The lowest BCUT2D eigenvalue weighted by atomic mass is 9.76. The molecule has 0 aromatic heterocycles. The van der Waals surface area contributed by atoms with Crippen LogP contribution in [0.4, 0.5) is 0 Å². The second-order valence-electron chi connectivity index (χ2n) is 6.17. The molecule has 3 nitrogen and oxygen atoms in total. The molecule has 0 bridgehead atoms. The Kier molecular flexibility index (Phi) is 5.79. The zero-order valence-corrected chi connectivity index (χ0v) is 15.1. The van der Waals surface area contributed by atoms with Crippen molar-refractivity contribution in [2.75, 3.05) is 20.6 Å². The predicted molar refractivity (Wildman–Crippen MR) is 101 cm³/mol. The summed E-state index contributed by atoms with van der Waals surface area (Å²) in [4.78, 5) is 28.3. The Hall–Kier alpha value is -2.41. The van der Waals surface area contributed by atoms with Crippen molar-refractivity contribution < 1.29 is 9.59 Å². The van der Waals surface area contributed by atoms with Gasteiger partial charge in [-0.1, -0.05) is 60.5 Å². The average Bonchev–Trinajstić information content (AvgIpc) is 2.82. The molecule has 3 rings (SSSR count). The normalized spacial score (nSPS) is 14.5. The first-order chi connectivity index (χ1) is 11.6. The Morgan fingerprint density at radius 3 is 1.92 bits per heavy atom. The maximum absolute atomic E-state index is 13.1. The van der Waals surface area contributed by atoms with Gasteiger partial charge in [-0.05, 0) is 19.7 Å². The number of carbonyl (C=O) groups is 2. The van der Waals surface area contributed by atoms with Gasteiger partial charge in [0.1, 0.15) is 0 Å². The first kappa shape index (κ1) is 18.9. The molecule has 2 aromatic carbocycles. The summed E-state index contributed by atoms with van der Waals surface area (Å²) in [5.41, 5.74) is 0.173. The van der Waals surface area contributed by atoms with Gasteiger partial charge < -0.3 is 4.90 Å². The van der Waals surface area contributed by atoms with Gasteiger partial charge in [0.15, 0.2) is 17.0 Å². The first-order valence-electron chi connectivity index (χ1n) is 7.96. The van der Waals surface area contributed by atoms with Crippen LogP contribution in [0.15, 0.2) is 54.6 Å². The molecule has 4 heteroatoms. The Labute approximate surface area is 154 Å². The lowest BCUT2D eigenvalue weighted by Crippen LogP contribution is -2.37. The summed E-state index contributed by atoms with van der Waals surface area (Å²) < 4.78 is 0. The van der Waals surface area contributed by atoms with Crippen molar-refractivity contribution in [3.8, 4) is 11.8 Å². The molecule has 0 saturated carbocycles. The fourth-order valence-corrected chi connectivity index (χ4v) is 3.00. The number of halogens is 1. The Morgan fingerprint density at radius 2 is 1.40 bits per heavy atom. The summed E-state index contributed by atoms with van der Waals surface area (Å²) in [5, 5.41) is 0. The van der Waals surface area contributed by atoms with Crippen LogP contribution in [0.1, 0.15) is 32.7 Å². The van der Waals surface area contributed by atoms with Gasteiger partial charge in [0.05, 0.1) is 0 Å². The number of rotatable bonds is 3. The van der Waals surface area contributed by atoms with E-state index in [1.165, 1.54) is 0 Å². The van der Waals surface area contributed by atoms with Crippen LogP contribution in [0.5, 0.6) is 0 Å². The molecule has 0 spiro atoms. The van der Waals surface area contributed by atoms with E-state index in [4.69, 9.17) is 0 Å². The quantitative estimate of drug-likeness (QED) is 0.627. The van der Waals surface area contributed by atoms with E-state index in [1.807, 2.05) is 49.3 Å². The van der Waals surface area contributed by atoms with Crippen LogP contribution in [-0.2, 0) is 5.41 Å². The molecule has 0 heterocycles. The third-order valence-electron chi connectivity index (χ3n) is 4.26. The lowest BCUT2D eigenvalue weighted by molar-refractivity contribution is 0.0842. The average molecular weight is 354 g/mol. The molecule has 128 valence electrons. The van der Waals surface area contributed by atoms with Crippen LogP contribution in [-0.4, -0.2) is 37.1 Å². The lowest BCUT2D eigenvalue weighted by Gasteiger charge is -2.20. The van der Waals surface area contributed by atoms with Crippen LogP contribution in [0.2, 0.25) is 0 Å². The predicted octanol–water partition coefficient (Wildman–Crippen LogP) is 3.38. The minimum atomic E-state index is -1.41. The van der Waals surface area contributed by atoms with Crippen molar-refractivity contribution in [1.82, 2.24) is 4.90 Å². The van der Waals surface area contributed by atoms with Gasteiger partial charge in [-0.2, -0.15) is 0 Å². The molecule has 0 saturated heterocycles. The number of ketones is 2. The van der Waals surface area contributed by atoms with Gasteiger partial charge in [-0.3, -0.25) is 9.59 Å². The van der Waals surface area contributed by atoms with Crippen LogP contribution in [0, 0.1) is 11.8 Å². The van der Waals surface area contributed by atoms with Crippen LogP contribution in [0.3, 0.4) is 0 Å². The van der Waals surface area contributed by atoms with Crippen molar-refractivity contribution >= 4 is 24.0 Å². The summed E-state index contributed by atoms with van der Waals surface area (Å²) in [6, 6.07) is 16.1. The molecule has 0 unspecified atom stereocenters. The number of nitrogens with zero attached hydrogens (tertiary/aromatic N) is 1. The molecule has 0 atom stereocenters. The van der Waals surface area contributed by atoms with Crippen molar-refractivity contribution in [2.45, 2.75) is 11.8 Å². The third-order valence-corrected chi connectivity index (χ3v) is 4.26. The van der Waals surface area contributed by atoms with Gasteiger partial charge >= 0.3 is 0 Å². The molecule has 0 N–H and O–H groups in total. The summed E-state index contributed by atoms with van der Waals surface area (Å²) in [5.74, 6) is 5.67. The summed E-state index contributed by atoms with van der Waals surface area (Å²) in [6.45, 7) is 0.785. The summed E-state index contributed by atoms with van der Waals surface area (Å²) in [6.07, 6.45) is 0.610. The SMILES string of the molecule is CN(C)CCC#CC1(c2ccccc2)C(=O)c2ccccc2C1=O.Cl. The zero-order valence-electron chi connectivity index (χ0n) is 14.3. The van der Waals surface area contributed by atoms with Gasteiger partial charge in [0, 0.05) is 24.1 Å².